The number of rotatable bonds is 4. The Hall–Kier alpha value is -1.95. The molecule has 18 heavy (non-hydrogen) atoms. The van der Waals surface area contributed by atoms with E-state index in [1.165, 1.54) is 11.3 Å². The summed E-state index contributed by atoms with van der Waals surface area (Å²) in [6, 6.07) is 5.24. The maximum atomic E-state index is 13.4. The van der Waals surface area contributed by atoms with Crippen molar-refractivity contribution >= 4 is 23.0 Å². The van der Waals surface area contributed by atoms with E-state index in [4.69, 9.17) is 5.11 Å². The van der Waals surface area contributed by atoms with Crippen molar-refractivity contribution < 1.29 is 18.7 Å². The Labute approximate surface area is 106 Å². The monoisotopic (exact) mass is 269 g/mol. The molecule has 0 aliphatic rings. The highest BCUT2D eigenvalue weighted by atomic mass is 32.1. The number of halogens is 2. The number of carboxylic acids is 1. The molecule has 0 atom stereocenters. The number of carbonyl (C=O) groups is 1. The van der Waals surface area contributed by atoms with Crippen molar-refractivity contribution in [2.75, 3.05) is 5.32 Å². The zero-order valence-electron chi connectivity index (χ0n) is 9.11. The molecule has 0 fully saturated rings. The highest BCUT2D eigenvalue weighted by Crippen LogP contribution is 2.21. The van der Waals surface area contributed by atoms with E-state index in [1.54, 1.807) is 0 Å². The number of thiophene rings is 1. The summed E-state index contributed by atoms with van der Waals surface area (Å²) in [7, 11) is 0. The summed E-state index contributed by atoms with van der Waals surface area (Å²) in [6.07, 6.45) is 0. The zero-order chi connectivity index (χ0) is 13.1. The van der Waals surface area contributed by atoms with Crippen LogP contribution < -0.4 is 5.32 Å². The van der Waals surface area contributed by atoms with Crippen LogP contribution in [0.2, 0.25) is 0 Å². The van der Waals surface area contributed by atoms with Gasteiger partial charge in [0.25, 0.3) is 0 Å². The number of carboxylic acid groups (broad SMARTS) is 1. The van der Waals surface area contributed by atoms with E-state index in [0.29, 0.717) is 12.6 Å². The second-order valence-corrected chi connectivity index (χ2v) is 4.58. The number of benzene rings is 1. The van der Waals surface area contributed by atoms with Crippen molar-refractivity contribution in [1.29, 1.82) is 0 Å². The molecule has 0 amide bonds. The number of hydrogen-bond donors (Lipinski definition) is 2. The summed E-state index contributed by atoms with van der Waals surface area (Å²) in [5.74, 6) is -3.32. The lowest BCUT2D eigenvalue weighted by Gasteiger charge is -2.08. The normalized spacial score (nSPS) is 10.3. The minimum atomic E-state index is -1.42. The van der Waals surface area contributed by atoms with Gasteiger partial charge in [-0.25, -0.2) is 13.6 Å². The molecular weight excluding hydrogens is 260 g/mol. The van der Waals surface area contributed by atoms with E-state index in [1.807, 2.05) is 17.5 Å². The molecule has 3 nitrogen and oxygen atoms in total. The summed E-state index contributed by atoms with van der Waals surface area (Å²) in [6.45, 7) is 0.360. The fraction of sp³-hybridized carbons (Fsp3) is 0.0833. The summed E-state index contributed by atoms with van der Waals surface area (Å²) in [5, 5.41) is 13.4. The Morgan fingerprint density at radius 2 is 2.11 bits per heavy atom. The van der Waals surface area contributed by atoms with Gasteiger partial charge in [0.2, 0.25) is 0 Å². The van der Waals surface area contributed by atoms with Crippen LogP contribution in [0, 0.1) is 11.6 Å². The molecule has 0 radical (unpaired) electrons. The Morgan fingerprint density at radius 3 is 2.72 bits per heavy atom. The molecule has 2 aromatic rings. The van der Waals surface area contributed by atoms with Gasteiger partial charge in [-0.15, -0.1) is 11.3 Å². The molecule has 2 rings (SSSR count). The zero-order valence-corrected chi connectivity index (χ0v) is 9.93. The Kier molecular flexibility index (Phi) is 3.57. The third-order valence-corrected chi connectivity index (χ3v) is 3.20. The molecule has 0 aliphatic heterocycles. The van der Waals surface area contributed by atoms with Crippen LogP contribution in [0.15, 0.2) is 29.6 Å². The van der Waals surface area contributed by atoms with Crippen molar-refractivity contribution in [2.24, 2.45) is 0 Å². The highest BCUT2D eigenvalue weighted by Gasteiger charge is 2.15. The van der Waals surface area contributed by atoms with Gasteiger partial charge in [-0.05, 0) is 17.5 Å². The van der Waals surface area contributed by atoms with Crippen LogP contribution in [-0.4, -0.2) is 11.1 Å². The van der Waals surface area contributed by atoms with Gasteiger partial charge in [0.15, 0.2) is 0 Å². The maximum Gasteiger partial charge on any atom is 0.338 e. The van der Waals surface area contributed by atoms with Gasteiger partial charge in [-0.1, -0.05) is 6.07 Å². The molecule has 94 valence electrons. The Morgan fingerprint density at radius 1 is 1.33 bits per heavy atom. The van der Waals surface area contributed by atoms with Crippen molar-refractivity contribution in [3.8, 4) is 0 Å². The minimum Gasteiger partial charge on any atom is -0.478 e. The van der Waals surface area contributed by atoms with E-state index in [-0.39, 0.29) is 5.69 Å². The van der Waals surface area contributed by atoms with Gasteiger partial charge in [0.05, 0.1) is 11.3 Å². The molecule has 0 unspecified atom stereocenters. The molecule has 0 aliphatic carbocycles. The largest absolute Gasteiger partial charge is 0.478 e. The lowest BCUT2D eigenvalue weighted by Crippen LogP contribution is -2.06. The fourth-order valence-electron chi connectivity index (χ4n) is 1.44. The second-order valence-electron chi connectivity index (χ2n) is 3.55. The van der Waals surface area contributed by atoms with E-state index in [2.05, 4.69) is 5.32 Å². The third-order valence-electron chi connectivity index (χ3n) is 2.32. The lowest BCUT2D eigenvalue weighted by molar-refractivity contribution is 0.0692. The number of anilines is 1. The fourth-order valence-corrected chi connectivity index (χ4v) is 2.09. The van der Waals surface area contributed by atoms with Gasteiger partial charge in [-0.3, -0.25) is 0 Å². The summed E-state index contributed by atoms with van der Waals surface area (Å²) >= 11 is 1.49. The molecule has 1 heterocycles. The van der Waals surface area contributed by atoms with Gasteiger partial charge >= 0.3 is 5.97 Å². The number of nitrogens with one attached hydrogen (secondary N) is 1. The summed E-state index contributed by atoms with van der Waals surface area (Å²) < 4.78 is 26.6. The van der Waals surface area contributed by atoms with Gasteiger partial charge in [-0.2, -0.15) is 0 Å². The first-order chi connectivity index (χ1) is 8.58. The first-order valence-electron chi connectivity index (χ1n) is 5.06. The van der Waals surface area contributed by atoms with Crippen molar-refractivity contribution in [2.45, 2.75) is 6.54 Å². The predicted molar refractivity (Wildman–Crippen MR) is 65.0 cm³/mol. The molecule has 1 aromatic heterocycles. The number of hydrogen-bond acceptors (Lipinski definition) is 3. The number of aromatic carboxylic acids is 1. The van der Waals surface area contributed by atoms with Crippen molar-refractivity contribution in [3.05, 3.63) is 51.7 Å². The van der Waals surface area contributed by atoms with Crippen LogP contribution in [0.3, 0.4) is 0 Å². The van der Waals surface area contributed by atoms with Crippen LogP contribution in [0.25, 0.3) is 0 Å². The summed E-state index contributed by atoms with van der Waals surface area (Å²) in [4.78, 5) is 11.7. The van der Waals surface area contributed by atoms with Gasteiger partial charge in [0, 0.05) is 17.5 Å². The standard InChI is InChI=1S/C12H9F2NO2S/c13-9-5-10(14)11(4-8(9)12(16)17)15-6-7-2-1-3-18-7/h1-5,15H,6H2,(H,16,17). The topological polar surface area (TPSA) is 49.3 Å². The Bertz CT molecular complexity index is 570. The molecule has 6 heteroatoms. The van der Waals surface area contributed by atoms with Crippen molar-refractivity contribution in [3.63, 3.8) is 0 Å². The molecule has 0 saturated heterocycles. The maximum absolute atomic E-state index is 13.4. The Balaban J connectivity index is 2.22. The quantitative estimate of drug-likeness (QED) is 0.895. The van der Waals surface area contributed by atoms with Gasteiger partial charge < -0.3 is 10.4 Å². The molecular formula is C12H9F2NO2S. The second kappa shape index (κ2) is 5.14. The molecule has 0 spiro atoms. The minimum absolute atomic E-state index is 0.0257. The average molecular weight is 269 g/mol. The average Bonchev–Trinajstić information content (AvgIpc) is 2.80. The van der Waals surface area contributed by atoms with Crippen LogP contribution in [0.4, 0.5) is 14.5 Å². The van der Waals surface area contributed by atoms with Crippen LogP contribution in [0.1, 0.15) is 15.2 Å². The third kappa shape index (κ3) is 2.65. The van der Waals surface area contributed by atoms with E-state index in [0.717, 1.165) is 10.9 Å². The molecule has 1 aromatic carbocycles. The van der Waals surface area contributed by atoms with Crippen LogP contribution in [0.5, 0.6) is 0 Å². The SMILES string of the molecule is O=C(O)c1cc(NCc2cccs2)c(F)cc1F. The predicted octanol–water partition coefficient (Wildman–Crippen LogP) is 3.34. The first-order valence-corrected chi connectivity index (χ1v) is 5.94. The smallest absolute Gasteiger partial charge is 0.338 e. The molecule has 2 N–H and O–H groups in total. The van der Waals surface area contributed by atoms with Gasteiger partial charge in [0.1, 0.15) is 11.6 Å². The van der Waals surface area contributed by atoms with Crippen molar-refractivity contribution in [1.82, 2.24) is 0 Å². The van der Waals surface area contributed by atoms with E-state index < -0.39 is 23.2 Å². The molecule has 0 saturated carbocycles. The van der Waals surface area contributed by atoms with Crippen LogP contribution >= 0.6 is 11.3 Å². The lowest BCUT2D eigenvalue weighted by atomic mass is 10.2. The first kappa shape index (κ1) is 12.5. The van der Waals surface area contributed by atoms with E-state index in [9.17, 15) is 13.6 Å². The van der Waals surface area contributed by atoms with E-state index >= 15 is 0 Å². The van der Waals surface area contributed by atoms with Crippen LogP contribution in [-0.2, 0) is 6.54 Å². The summed E-state index contributed by atoms with van der Waals surface area (Å²) in [5.41, 5.74) is -0.577. The highest BCUT2D eigenvalue weighted by molar-refractivity contribution is 7.09. The molecule has 0 bridgehead atoms.